The number of hydrogen-bond acceptors (Lipinski definition) is 2. The lowest BCUT2D eigenvalue weighted by atomic mass is 9.71. The molecule has 0 aromatic heterocycles. The first-order valence-electron chi connectivity index (χ1n) is 4.06. The Balaban J connectivity index is 2.50. The fourth-order valence-electron chi connectivity index (χ4n) is 1.51. The van der Waals surface area contributed by atoms with Gasteiger partial charge in [0.25, 0.3) is 0 Å². The Bertz CT molecular complexity index is 160. The molecule has 1 fully saturated rings. The molecule has 4 heteroatoms. The topological polar surface area (TPSA) is 35.2 Å². The first kappa shape index (κ1) is 9.86. The first-order chi connectivity index (χ1) is 5.43. The summed E-state index contributed by atoms with van der Waals surface area (Å²) in [4.78, 5) is 0. The van der Waals surface area contributed by atoms with Gasteiger partial charge in [0.2, 0.25) is 5.92 Å². The molecule has 1 atom stereocenters. The van der Waals surface area contributed by atoms with Crippen LogP contribution in [0.3, 0.4) is 0 Å². The van der Waals surface area contributed by atoms with Crippen molar-refractivity contribution in [2.24, 2.45) is 11.7 Å². The normalized spacial score (nSPS) is 27.8. The highest BCUT2D eigenvalue weighted by Crippen LogP contribution is 2.48. The maximum atomic E-state index is 12.5. The van der Waals surface area contributed by atoms with Crippen molar-refractivity contribution in [3.63, 3.8) is 0 Å². The Kier molecular flexibility index (Phi) is 2.40. The third kappa shape index (κ3) is 1.59. The summed E-state index contributed by atoms with van der Waals surface area (Å²) in [5, 5.41) is 0. The average molecular weight is 179 g/mol. The third-order valence-corrected chi connectivity index (χ3v) is 2.83. The monoisotopic (exact) mass is 179 g/mol. The van der Waals surface area contributed by atoms with Gasteiger partial charge in [-0.1, -0.05) is 0 Å². The lowest BCUT2D eigenvalue weighted by Crippen LogP contribution is -2.53. The van der Waals surface area contributed by atoms with Gasteiger partial charge in [-0.25, -0.2) is 8.78 Å². The van der Waals surface area contributed by atoms with Crippen LogP contribution in [0.4, 0.5) is 8.78 Å². The fraction of sp³-hybridized carbons (Fsp3) is 1.00. The molecule has 1 unspecified atom stereocenters. The van der Waals surface area contributed by atoms with Gasteiger partial charge in [0.1, 0.15) is 0 Å². The molecule has 0 radical (unpaired) electrons. The number of ether oxygens (including phenoxy) is 1. The van der Waals surface area contributed by atoms with Crippen molar-refractivity contribution in [3.8, 4) is 0 Å². The van der Waals surface area contributed by atoms with Crippen LogP contribution in [-0.4, -0.2) is 25.2 Å². The summed E-state index contributed by atoms with van der Waals surface area (Å²) in [6.45, 7) is 2.08. The second-order valence-electron chi connectivity index (χ2n) is 3.68. The lowest BCUT2D eigenvalue weighted by Gasteiger charge is -2.45. The standard InChI is InChI=1S/C8H15F2NO/c1-7(5-11,12-2)6-3-8(9,10)4-6/h6H,3-5,11H2,1-2H3. The van der Waals surface area contributed by atoms with E-state index >= 15 is 0 Å². The highest BCUT2D eigenvalue weighted by atomic mass is 19.3. The highest BCUT2D eigenvalue weighted by Gasteiger charge is 2.52. The molecule has 2 N–H and O–H groups in total. The molecule has 0 aliphatic heterocycles. The van der Waals surface area contributed by atoms with Crippen LogP contribution in [0.2, 0.25) is 0 Å². The van der Waals surface area contributed by atoms with Crippen LogP contribution in [0.1, 0.15) is 19.8 Å². The van der Waals surface area contributed by atoms with E-state index in [1.807, 2.05) is 0 Å². The molecule has 1 rings (SSSR count). The molecule has 0 saturated heterocycles. The molecule has 1 aliphatic rings. The summed E-state index contributed by atoms with van der Waals surface area (Å²) < 4.78 is 30.1. The van der Waals surface area contributed by atoms with Gasteiger partial charge in [-0.05, 0) is 6.92 Å². The Morgan fingerprint density at radius 1 is 1.58 bits per heavy atom. The van der Waals surface area contributed by atoms with Crippen molar-refractivity contribution in [2.45, 2.75) is 31.3 Å². The van der Waals surface area contributed by atoms with Gasteiger partial charge in [0.15, 0.2) is 0 Å². The Labute approximate surface area is 71.1 Å². The van der Waals surface area contributed by atoms with E-state index in [0.717, 1.165) is 0 Å². The van der Waals surface area contributed by atoms with E-state index in [4.69, 9.17) is 10.5 Å². The Morgan fingerprint density at radius 2 is 2.08 bits per heavy atom. The van der Waals surface area contributed by atoms with Crippen LogP contribution >= 0.6 is 0 Å². The second kappa shape index (κ2) is 2.92. The van der Waals surface area contributed by atoms with Crippen molar-refractivity contribution in [2.75, 3.05) is 13.7 Å². The van der Waals surface area contributed by atoms with Crippen LogP contribution in [0, 0.1) is 5.92 Å². The molecule has 12 heavy (non-hydrogen) atoms. The summed E-state index contributed by atoms with van der Waals surface area (Å²) in [7, 11) is 1.52. The minimum absolute atomic E-state index is 0.0888. The van der Waals surface area contributed by atoms with E-state index in [-0.39, 0.29) is 18.8 Å². The highest BCUT2D eigenvalue weighted by molar-refractivity contribution is 4.97. The Morgan fingerprint density at radius 3 is 2.33 bits per heavy atom. The molecule has 0 aromatic rings. The first-order valence-corrected chi connectivity index (χ1v) is 4.06. The maximum absolute atomic E-state index is 12.5. The van der Waals surface area contributed by atoms with Crippen molar-refractivity contribution < 1.29 is 13.5 Å². The zero-order chi connectivity index (χ0) is 9.41. The van der Waals surface area contributed by atoms with Gasteiger partial charge in [0, 0.05) is 32.4 Å². The van der Waals surface area contributed by atoms with Crippen molar-refractivity contribution in [3.05, 3.63) is 0 Å². The van der Waals surface area contributed by atoms with Crippen LogP contribution < -0.4 is 5.73 Å². The van der Waals surface area contributed by atoms with Gasteiger partial charge < -0.3 is 10.5 Å². The number of nitrogens with two attached hydrogens (primary N) is 1. The van der Waals surface area contributed by atoms with Crippen LogP contribution in [-0.2, 0) is 4.74 Å². The van der Waals surface area contributed by atoms with Gasteiger partial charge in [-0.15, -0.1) is 0 Å². The quantitative estimate of drug-likeness (QED) is 0.710. The van der Waals surface area contributed by atoms with Crippen LogP contribution in [0.15, 0.2) is 0 Å². The van der Waals surface area contributed by atoms with Crippen LogP contribution in [0.5, 0.6) is 0 Å². The van der Waals surface area contributed by atoms with Crippen LogP contribution in [0.25, 0.3) is 0 Å². The van der Waals surface area contributed by atoms with Crippen molar-refractivity contribution >= 4 is 0 Å². The molecular weight excluding hydrogens is 164 g/mol. The maximum Gasteiger partial charge on any atom is 0.248 e. The minimum atomic E-state index is -2.49. The summed E-state index contributed by atoms with van der Waals surface area (Å²) in [5.41, 5.74) is 4.88. The number of alkyl halides is 2. The van der Waals surface area contributed by atoms with Crippen molar-refractivity contribution in [1.29, 1.82) is 0 Å². The van der Waals surface area contributed by atoms with E-state index in [1.165, 1.54) is 7.11 Å². The molecule has 0 heterocycles. The average Bonchev–Trinajstić information content (AvgIpc) is 1.99. The predicted molar refractivity (Wildman–Crippen MR) is 42.1 cm³/mol. The zero-order valence-corrected chi connectivity index (χ0v) is 7.44. The van der Waals surface area contributed by atoms with Gasteiger partial charge >= 0.3 is 0 Å². The Hall–Kier alpha value is -0.220. The molecule has 1 aliphatic carbocycles. The van der Waals surface area contributed by atoms with E-state index < -0.39 is 11.5 Å². The van der Waals surface area contributed by atoms with E-state index in [9.17, 15) is 8.78 Å². The molecule has 0 bridgehead atoms. The van der Waals surface area contributed by atoms with E-state index in [1.54, 1.807) is 6.92 Å². The largest absolute Gasteiger partial charge is 0.377 e. The molecule has 0 aromatic carbocycles. The molecule has 0 amide bonds. The van der Waals surface area contributed by atoms with Gasteiger partial charge in [-0.3, -0.25) is 0 Å². The predicted octanol–water partition coefficient (Wildman–Crippen LogP) is 1.40. The molecular formula is C8H15F2NO. The number of rotatable bonds is 3. The lowest BCUT2D eigenvalue weighted by molar-refractivity contribution is -0.176. The zero-order valence-electron chi connectivity index (χ0n) is 7.44. The van der Waals surface area contributed by atoms with Crippen molar-refractivity contribution in [1.82, 2.24) is 0 Å². The SMILES string of the molecule is COC(C)(CN)C1CC(F)(F)C1. The van der Waals surface area contributed by atoms with Gasteiger partial charge in [0.05, 0.1) is 5.60 Å². The molecule has 72 valence electrons. The van der Waals surface area contributed by atoms with E-state index in [0.29, 0.717) is 6.54 Å². The molecule has 2 nitrogen and oxygen atoms in total. The third-order valence-electron chi connectivity index (χ3n) is 2.83. The summed E-state index contributed by atoms with van der Waals surface area (Å²) in [6.07, 6.45) is -0.178. The summed E-state index contributed by atoms with van der Waals surface area (Å²) >= 11 is 0. The van der Waals surface area contributed by atoms with E-state index in [2.05, 4.69) is 0 Å². The molecule has 1 saturated carbocycles. The summed E-state index contributed by atoms with van der Waals surface area (Å²) in [5.74, 6) is -2.58. The number of hydrogen-bond donors (Lipinski definition) is 1. The summed E-state index contributed by atoms with van der Waals surface area (Å²) in [6, 6.07) is 0. The smallest absolute Gasteiger partial charge is 0.248 e. The minimum Gasteiger partial charge on any atom is -0.377 e. The number of halogens is 2. The molecule has 0 spiro atoms. The second-order valence-corrected chi connectivity index (χ2v) is 3.68. The number of methoxy groups -OCH3 is 1. The van der Waals surface area contributed by atoms with Gasteiger partial charge in [-0.2, -0.15) is 0 Å². The fourth-order valence-corrected chi connectivity index (χ4v) is 1.51.